The number of hydrogen-bond donors (Lipinski definition) is 0. The molecule has 0 spiro atoms. The maximum absolute atomic E-state index is 2.79. The number of benzene rings is 21. The molecule has 0 nitrogen and oxygen atoms in total. The summed E-state index contributed by atoms with van der Waals surface area (Å²) in [4.78, 5) is 0. The van der Waals surface area contributed by atoms with Gasteiger partial charge in [-0.25, -0.2) is 0 Å². The minimum atomic E-state index is 0.941. The molecular weight excluding hydrogens is 1270 g/mol. The Morgan fingerprint density at radius 1 is 0.142 bits per heavy atom. The summed E-state index contributed by atoms with van der Waals surface area (Å²) >= 11 is 0. The van der Waals surface area contributed by atoms with Crippen molar-refractivity contribution in [1.82, 2.24) is 0 Å². The van der Waals surface area contributed by atoms with E-state index >= 15 is 0 Å². The van der Waals surface area contributed by atoms with E-state index in [2.05, 4.69) is 331 Å². The molecule has 0 heterocycles. The number of aryl methyl sites for hydroxylation is 4. The first kappa shape index (κ1) is 62.4. The molecule has 0 aliphatic carbocycles. The van der Waals surface area contributed by atoms with Crippen LogP contribution in [0.5, 0.6) is 0 Å². The van der Waals surface area contributed by atoms with Crippen LogP contribution in [0.15, 0.2) is 303 Å². The third-order valence-corrected chi connectivity index (χ3v) is 24.1. The fraction of sp³-hybridized carbons (Fsp3) is 0.113. The van der Waals surface area contributed by atoms with Crippen LogP contribution in [-0.4, -0.2) is 0 Å². The highest BCUT2D eigenvalue weighted by Crippen LogP contribution is 2.57. The monoisotopic (exact) mass is 1350 g/mol. The molecule has 106 heavy (non-hydrogen) atoms. The summed E-state index contributed by atoms with van der Waals surface area (Å²) in [5.74, 6) is 0. The van der Waals surface area contributed by atoms with Crippen LogP contribution in [-0.2, 0) is 25.7 Å². The molecule has 0 aliphatic rings. The van der Waals surface area contributed by atoms with E-state index in [0.717, 1.165) is 51.4 Å². The van der Waals surface area contributed by atoms with E-state index in [1.54, 1.807) is 0 Å². The van der Waals surface area contributed by atoms with Crippen molar-refractivity contribution >= 4 is 172 Å². The zero-order valence-electron chi connectivity index (χ0n) is 60.5. The van der Waals surface area contributed by atoms with Gasteiger partial charge >= 0.3 is 0 Å². The predicted octanol–water partition coefficient (Wildman–Crippen LogP) is 30.6. The molecule has 21 aromatic carbocycles. The van der Waals surface area contributed by atoms with Gasteiger partial charge in [-0.2, -0.15) is 0 Å². The molecule has 0 aromatic heterocycles. The third kappa shape index (κ3) is 9.66. The van der Waals surface area contributed by atoms with Gasteiger partial charge in [0.2, 0.25) is 0 Å². The SMILES string of the molecule is CCCc1c2cc3ccccc3cc2c(-c2cc(-c3c4cc5ccccc5cc4c(CCC)c4cc5ccccc5cc34)c(-c3c4cc5ccccc5cc4c(CCC)c4cc5ccccc5cc34)cc2-c2c3cc4ccccc4cc3c(CCC)c3cc4ccccc4cc23)c2cc3ccccc3cc12. The summed E-state index contributed by atoms with van der Waals surface area (Å²) in [5, 5.41) is 40.7. The van der Waals surface area contributed by atoms with Crippen LogP contribution in [0.3, 0.4) is 0 Å². The average molecular weight is 1350 g/mol. The maximum Gasteiger partial charge on any atom is -0.00197 e. The summed E-state index contributed by atoms with van der Waals surface area (Å²) < 4.78 is 0. The number of hydrogen-bond acceptors (Lipinski definition) is 0. The molecule has 0 radical (unpaired) electrons. The van der Waals surface area contributed by atoms with Crippen LogP contribution in [0, 0.1) is 0 Å². The molecule has 0 N–H and O–H groups in total. The first-order valence-corrected chi connectivity index (χ1v) is 38.8. The molecule has 0 aliphatic heterocycles. The van der Waals surface area contributed by atoms with Gasteiger partial charge in [0.05, 0.1) is 0 Å². The lowest BCUT2D eigenvalue weighted by atomic mass is 9.75. The van der Waals surface area contributed by atoms with Gasteiger partial charge in [0.25, 0.3) is 0 Å². The van der Waals surface area contributed by atoms with E-state index in [9.17, 15) is 0 Å². The molecule has 21 rings (SSSR count). The van der Waals surface area contributed by atoms with Crippen LogP contribution >= 0.6 is 0 Å². The van der Waals surface area contributed by atoms with Crippen LogP contribution in [0.1, 0.15) is 75.6 Å². The van der Waals surface area contributed by atoms with Gasteiger partial charge in [-0.15, -0.1) is 0 Å². The van der Waals surface area contributed by atoms with Crippen LogP contribution in [0.2, 0.25) is 0 Å². The molecule has 21 aromatic rings. The van der Waals surface area contributed by atoms with E-state index in [1.165, 1.54) is 239 Å². The topological polar surface area (TPSA) is 0 Å². The number of fused-ring (bicyclic) bond motifs is 16. The van der Waals surface area contributed by atoms with Crippen molar-refractivity contribution in [3.05, 3.63) is 326 Å². The van der Waals surface area contributed by atoms with Gasteiger partial charge in [0, 0.05) is 0 Å². The van der Waals surface area contributed by atoms with Gasteiger partial charge in [-0.1, -0.05) is 248 Å². The molecule has 0 unspecified atom stereocenters. The van der Waals surface area contributed by atoms with Gasteiger partial charge in [-0.05, 0) is 374 Å². The van der Waals surface area contributed by atoms with Gasteiger partial charge in [-0.3, -0.25) is 0 Å². The quantitative estimate of drug-likeness (QED) is 0.107. The lowest BCUT2D eigenvalue weighted by molar-refractivity contribution is 0.937. The minimum absolute atomic E-state index is 0.941. The fourth-order valence-corrected chi connectivity index (χ4v) is 19.4. The van der Waals surface area contributed by atoms with Crippen LogP contribution in [0.4, 0.5) is 0 Å². The zero-order chi connectivity index (χ0) is 70.4. The van der Waals surface area contributed by atoms with Crippen LogP contribution < -0.4 is 0 Å². The molecule has 0 atom stereocenters. The molecular formula is C106H78. The third-order valence-electron chi connectivity index (χ3n) is 24.1. The lowest BCUT2D eigenvalue weighted by Crippen LogP contribution is -2.01. The fourth-order valence-electron chi connectivity index (χ4n) is 19.4. The Bertz CT molecular complexity index is 6100. The summed E-state index contributed by atoms with van der Waals surface area (Å²) in [5.41, 5.74) is 15.6. The predicted molar refractivity (Wildman–Crippen MR) is 464 cm³/mol. The van der Waals surface area contributed by atoms with E-state index in [1.807, 2.05) is 0 Å². The van der Waals surface area contributed by atoms with E-state index in [4.69, 9.17) is 0 Å². The van der Waals surface area contributed by atoms with Crippen molar-refractivity contribution in [2.45, 2.75) is 79.1 Å². The second-order valence-electron chi connectivity index (χ2n) is 30.3. The minimum Gasteiger partial charge on any atom is -0.0651 e. The summed E-state index contributed by atoms with van der Waals surface area (Å²) in [7, 11) is 0. The molecule has 0 amide bonds. The summed E-state index contributed by atoms with van der Waals surface area (Å²) in [6.45, 7) is 9.46. The van der Waals surface area contributed by atoms with Gasteiger partial charge in [0.1, 0.15) is 0 Å². The first-order chi connectivity index (χ1) is 52.4. The zero-order valence-corrected chi connectivity index (χ0v) is 60.5. The normalized spacial score (nSPS) is 12.3. The van der Waals surface area contributed by atoms with Crippen molar-refractivity contribution in [1.29, 1.82) is 0 Å². The second-order valence-corrected chi connectivity index (χ2v) is 30.3. The Morgan fingerprint density at radius 2 is 0.255 bits per heavy atom. The lowest BCUT2D eigenvalue weighted by Gasteiger charge is -2.27. The van der Waals surface area contributed by atoms with E-state index in [-0.39, 0.29) is 0 Å². The Labute approximate surface area is 617 Å². The highest BCUT2D eigenvalue weighted by Gasteiger charge is 2.30. The van der Waals surface area contributed by atoms with Crippen molar-refractivity contribution < 1.29 is 0 Å². The second kappa shape index (κ2) is 24.7. The molecule has 0 heteroatoms. The van der Waals surface area contributed by atoms with E-state index in [0.29, 0.717) is 0 Å². The molecule has 0 fully saturated rings. The average Bonchev–Trinajstić information content (AvgIpc) is 0.695. The molecule has 0 saturated heterocycles. The molecule has 0 bridgehead atoms. The standard InChI is InChI=1S/C106H78/c1-5-25-79-83-45-63-29-9-17-37-71(63)53-91(83)103(92-54-72-38-18-10-30-64(72)46-84(79)92)99-61-101(105-95-57-75-41-21-13-33-67(75)49-87(95)81(27-7-3)88-50-68-34-14-22-42-76(68)58-96(88)105)102(106-97-59-77-43-23-15-35-69(77)51-89(97)82(28-8-4)90-52-70-36-16-24-44-78(70)60-98(90)106)62-100(99)104-93-55-73-39-19-11-31-65(73)47-85(93)80(26-6-2)86-48-66-32-12-20-40-74(66)56-94(86)104/h9-24,29-62H,5-8,25-28H2,1-4H3. The Hall–Kier alpha value is -12.2. The van der Waals surface area contributed by atoms with Gasteiger partial charge < -0.3 is 0 Å². The maximum atomic E-state index is 2.79. The Morgan fingerprint density at radius 3 is 0.368 bits per heavy atom. The number of rotatable bonds is 12. The van der Waals surface area contributed by atoms with Crippen molar-refractivity contribution in [2.24, 2.45) is 0 Å². The Kier molecular flexibility index (Phi) is 14.5. The van der Waals surface area contributed by atoms with Gasteiger partial charge in [0.15, 0.2) is 0 Å². The Balaban J connectivity index is 1.09. The van der Waals surface area contributed by atoms with Crippen LogP contribution in [0.25, 0.3) is 217 Å². The largest absolute Gasteiger partial charge is 0.0651 e. The first-order valence-electron chi connectivity index (χ1n) is 38.8. The molecule has 0 saturated carbocycles. The van der Waals surface area contributed by atoms with E-state index < -0.39 is 0 Å². The summed E-state index contributed by atoms with van der Waals surface area (Å²) in [6, 6.07) is 120. The van der Waals surface area contributed by atoms with Crippen molar-refractivity contribution in [3.8, 4) is 44.5 Å². The molecule has 502 valence electrons. The summed E-state index contributed by atoms with van der Waals surface area (Å²) in [6.07, 6.45) is 7.81. The highest BCUT2D eigenvalue weighted by atomic mass is 14.3. The highest BCUT2D eigenvalue weighted by molar-refractivity contribution is 6.31. The van der Waals surface area contributed by atoms with Crippen molar-refractivity contribution in [2.75, 3.05) is 0 Å². The smallest absolute Gasteiger partial charge is 0.00197 e. The van der Waals surface area contributed by atoms with Crippen molar-refractivity contribution in [3.63, 3.8) is 0 Å².